The lowest BCUT2D eigenvalue weighted by atomic mass is 9.92. The zero-order chi connectivity index (χ0) is 31.8. The van der Waals surface area contributed by atoms with Crippen molar-refractivity contribution in [2.45, 2.75) is 84.5 Å². The molecule has 236 valence electrons. The van der Waals surface area contributed by atoms with Crippen LogP contribution in [0.1, 0.15) is 90.3 Å². The number of nitriles is 1. The number of piperidine rings is 1. The lowest BCUT2D eigenvalue weighted by Gasteiger charge is -2.34. The fourth-order valence-electron chi connectivity index (χ4n) is 5.73. The second kappa shape index (κ2) is 12.1. The lowest BCUT2D eigenvalue weighted by molar-refractivity contribution is 0.0203. The SMILES string of the molecule is CC1Oc2c(cc(C3CCN(C(=O)OC(C)(C)C)CC3)nc2C#N)N(C(=O)OC(C)(C)C)c2nccc(N3CCOCC3)c21. The topological polar surface area (TPSA) is 130 Å². The molecule has 0 aliphatic carbocycles. The number of hydrogen-bond acceptors (Lipinski definition) is 10. The molecule has 2 aromatic rings. The van der Waals surface area contributed by atoms with Crippen LogP contribution in [0.5, 0.6) is 5.75 Å². The molecule has 3 aliphatic rings. The minimum absolute atomic E-state index is 0.0561. The Morgan fingerprint density at radius 1 is 0.977 bits per heavy atom. The number of aromatic nitrogens is 2. The molecule has 0 bridgehead atoms. The molecular formula is C32H42N6O6. The van der Waals surface area contributed by atoms with E-state index in [2.05, 4.69) is 11.0 Å². The van der Waals surface area contributed by atoms with Crippen molar-refractivity contribution in [1.82, 2.24) is 14.9 Å². The fraction of sp³-hybridized carbons (Fsp3) is 0.594. The number of amides is 2. The van der Waals surface area contributed by atoms with Gasteiger partial charge in [-0.2, -0.15) is 5.26 Å². The maximum atomic E-state index is 14.0. The zero-order valence-corrected chi connectivity index (χ0v) is 26.7. The van der Waals surface area contributed by atoms with Crippen LogP contribution in [0.2, 0.25) is 0 Å². The predicted octanol–water partition coefficient (Wildman–Crippen LogP) is 5.83. The first-order valence-electron chi connectivity index (χ1n) is 15.2. The van der Waals surface area contributed by atoms with Crippen molar-refractivity contribution >= 4 is 29.4 Å². The minimum atomic E-state index is -0.791. The summed E-state index contributed by atoms with van der Waals surface area (Å²) in [5.74, 6) is 0.529. The molecule has 0 N–H and O–H groups in total. The minimum Gasteiger partial charge on any atom is -0.481 e. The molecule has 12 heteroatoms. The van der Waals surface area contributed by atoms with E-state index in [1.165, 1.54) is 4.90 Å². The highest BCUT2D eigenvalue weighted by atomic mass is 16.6. The van der Waals surface area contributed by atoms with E-state index < -0.39 is 23.4 Å². The Hall–Kier alpha value is -4.11. The van der Waals surface area contributed by atoms with Crippen LogP contribution in [0.25, 0.3) is 0 Å². The van der Waals surface area contributed by atoms with E-state index in [9.17, 15) is 14.9 Å². The van der Waals surface area contributed by atoms with Crippen LogP contribution >= 0.6 is 0 Å². The molecule has 2 fully saturated rings. The third-order valence-corrected chi connectivity index (χ3v) is 7.67. The third-order valence-electron chi connectivity index (χ3n) is 7.67. The molecule has 3 aliphatic heterocycles. The Balaban J connectivity index is 1.57. The summed E-state index contributed by atoms with van der Waals surface area (Å²) in [6.45, 7) is 16.3. The normalized spacial score (nSPS) is 19.2. The molecule has 2 saturated heterocycles. The van der Waals surface area contributed by atoms with Crippen molar-refractivity contribution in [3.05, 3.63) is 35.3 Å². The lowest BCUT2D eigenvalue weighted by Crippen LogP contribution is -2.41. The molecule has 5 heterocycles. The Kier molecular flexibility index (Phi) is 8.62. The van der Waals surface area contributed by atoms with E-state index in [0.717, 1.165) is 5.69 Å². The molecule has 0 saturated carbocycles. The van der Waals surface area contributed by atoms with Crippen LogP contribution in [-0.4, -0.2) is 77.6 Å². The van der Waals surface area contributed by atoms with Crippen molar-refractivity contribution in [2.75, 3.05) is 49.2 Å². The average molecular weight is 607 g/mol. The van der Waals surface area contributed by atoms with Crippen molar-refractivity contribution in [3.63, 3.8) is 0 Å². The van der Waals surface area contributed by atoms with Crippen LogP contribution in [-0.2, 0) is 14.2 Å². The van der Waals surface area contributed by atoms with Crippen LogP contribution in [0.15, 0.2) is 18.3 Å². The van der Waals surface area contributed by atoms with Crippen molar-refractivity contribution in [1.29, 1.82) is 5.26 Å². The first-order chi connectivity index (χ1) is 20.8. The zero-order valence-electron chi connectivity index (χ0n) is 26.7. The van der Waals surface area contributed by atoms with E-state index in [1.54, 1.807) is 37.9 Å². The molecule has 1 unspecified atom stereocenters. The number of fused-ring (bicyclic) bond motifs is 2. The van der Waals surface area contributed by atoms with Gasteiger partial charge in [0.2, 0.25) is 0 Å². The Morgan fingerprint density at radius 3 is 2.23 bits per heavy atom. The van der Waals surface area contributed by atoms with Gasteiger partial charge in [0.1, 0.15) is 29.1 Å². The fourth-order valence-corrected chi connectivity index (χ4v) is 5.73. The second-order valence-corrected chi connectivity index (χ2v) is 13.3. The number of ether oxygens (including phenoxy) is 4. The summed E-state index contributed by atoms with van der Waals surface area (Å²) in [5.41, 5.74) is 1.30. The standard InChI is InChI=1S/C32H42N6O6/c1-20-26-24(36-14-16-41-17-15-36)8-11-34-28(26)38(30(40)44-32(5,6)7)25-18-22(35-23(19-33)27(25)42-20)21-9-12-37(13-10-21)29(39)43-31(2,3)4/h8,11,18,20-21H,9-10,12-17H2,1-7H3. The summed E-state index contributed by atoms with van der Waals surface area (Å²) in [4.78, 5) is 41.4. The Labute approximate surface area is 258 Å². The van der Waals surface area contributed by atoms with Crippen molar-refractivity contribution in [3.8, 4) is 11.8 Å². The highest BCUT2D eigenvalue weighted by molar-refractivity contribution is 5.99. The number of morpholine rings is 1. The summed E-state index contributed by atoms with van der Waals surface area (Å²) in [7, 11) is 0. The van der Waals surface area contributed by atoms with Crippen LogP contribution in [0.4, 0.5) is 26.8 Å². The van der Waals surface area contributed by atoms with Crippen LogP contribution in [0.3, 0.4) is 0 Å². The summed E-state index contributed by atoms with van der Waals surface area (Å²) in [5, 5.41) is 10.3. The van der Waals surface area contributed by atoms with Gasteiger partial charge in [0.15, 0.2) is 17.3 Å². The van der Waals surface area contributed by atoms with E-state index >= 15 is 0 Å². The summed E-state index contributed by atoms with van der Waals surface area (Å²) in [6.07, 6.45) is 1.38. The molecular weight excluding hydrogens is 564 g/mol. The first-order valence-corrected chi connectivity index (χ1v) is 15.2. The monoisotopic (exact) mass is 606 g/mol. The van der Waals surface area contributed by atoms with E-state index in [1.807, 2.05) is 33.8 Å². The average Bonchev–Trinajstić information content (AvgIpc) is 3.09. The summed E-state index contributed by atoms with van der Waals surface area (Å²) < 4.78 is 23.5. The maximum Gasteiger partial charge on any atom is 0.420 e. The van der Waals surface area contributed by atoms with E-state index in [0.29, 0.717) is 75.0 Å². The van der Waals surface area contributed by atoms with Gasteiger partial charge in [-0.15, -0.1) is 0 Å². The maximum absolute atomic E-state index is 14.0. The molecule has 0 radical (unpaired) electrons. The first kappa shape index (κ1) is 31.3. The smallest absolute Gasteiger partial charge is 0.420 e. The van der Waals surface area contributed by atoms with Crippen LogP contribution in [0, 0.1) is 11.3 Å². The van der Waals surface area contributed by atoms with Crippen molar-refractivity contribution < 1.29 is 28.5 Å². The number of rotatable bonds is 2. The number of hydrogen-bond donors (Lipinski definition) is 0. The quantitative estimate of drug-likeness (QED) is 0.412. The van der Waals surface area contributed by atoms with Gasteiger partial charge in [-0.25, -0.2) is 24.5 Å². The molecule has 1 atom stereocenters. The molecule has 5 rings (SSSR count). The van der Waals surface area contributed by atoms with Gasteiger partial charge < -0.3 is 28.7 Å². The van der Waals surface area contributed by atoms with Crippen LogP contribution < -0.4 is 14.5 Å². The number of likely N-dealkylation sites (tertiary alicyclic amines) is 1. The molecule has 44 heavy (non-hydrogen) atoms. The highest BCUT2D eigenvalue weighted by Crippen LogP contribution is 2.48. The van der Waals surface area contributed by atoms with Crippen molar-refractivity contribution in [2.24, 2.45) is 0 Å². The van der Waals surface area contributed by atoms with Gasteiger partial charge in [0, 0.05) is 49.7 Å². The van der Waals surface area contributed by atoms with E-state index in [-0.39, 0.29) is 23.5 Å². The number of anilines is 3. The van der Waals surface area contributed by atoms with Gasteiger partial charge >= 0.3 is 12.2 Å². The Morgan fingerprint density at radius 2 is 1.61 bits per heavy atom. The molecule has 0 spiro atoms. The second-order valence-electron chi connectivity index (χ2n) is 13.3. The largest absolute Gasteiger partial charge is 0.481 e. The highest BCUT2D eigenvalue weighted by Gasteiger charge is 2.39. The molecule has 0 aromatic carbocycles. The van der Waals surface area contributed by atoms with E-state index in [4.69, 9.17) is 28.9 Å². The molecule has 2 aromatic heterocycles. The number of pyridine rings is 2. The van der Waals surface area contributed by atoms with Gasteiger partial charge in [-0.1, -0.05) is 0 Å². The predicted molar refractivity (Wildman–Crippen MR) is 163 cm³/mol. The number of carbonyl (C=O) groups excluding carboxylic acids is 2. The number of carbonyl (C=O) groups is 2. The van der Waals surface area contributed by atoms with Gasteiger partial charge in [-0.3, -0.25) is 0 Å². The van der Waals surface area contributed by atoms with Gasteiger partial charge in [0.25, 0.3) is 0 Å². The van der Waals surface area contributed by atoms with Gasteiger partial charge in [0.05, 0.1) is 18.8 Å². The summed E-state index contributed by atoms with van der Waals surface area (Å²) >= 11 is 0. The molecule has 12 nitrogen and oxygen atoms in total. The Bertz CT molecular complexity index is 1440. The summed E-state index contributed by atoms with van der Waals surface area (Å²) in [6, 6.07) is 5.92. The molecule has 2 amide bonds. The third kappa shape index (κ3) is 6.68. The van der Waals surface area contributed by atoms with Gasteiger partial charge in [-0.05, 0) is 73.4 Å². The number of nitrogens with zero attached hydrogens (tertiary/aromatic N) is 6.